The van der Waals surface area contributed by atoms with Crippen LogP contribution in [-0.2, 0) is 6.42 Å². The molecule has 12 heavy (non-hydrogen) atoms. The Labute approximate surface area is 72.8 Å². The van der Waals surface area contributed by atoms with Crippen LogP contribution in [0.2, 0.25) is 0 Å². The maximum absolute atomic E-state index is 5.81. The van der Waals surface area contributed by atoms with Crippen molar-refractivity contribution in [3.63, 3.8) is 0 Å². The van der Waals surface area contributed by atoms with Gasteiger partial charge in [-0.3, -0.25) is 0 Å². The van der Waals surface area contributed by atoms with Gasteiger partial charge in [-0.25, -0.2) is 0 Å². The average Bonchev–Trinajstić information content (AvgIpc) is 2.46. The van der Waals surface area contributed by atoms with Gasteiger partial charge in [-0.05, 0) is 25.0 Å². The van der Waals surface area contributed by atoms with Crippen LogP contribution in [-0.4, -0.2) is 12.1 Å². The third kappa shape index (κ3) is 1.18. The third-order valence-corrected chi connectivity index (χ3v) is 2.43. The topological polar surface area (TPSA) is 38.0 Å². The van der Waals surface area contributed by atoms with Crippen LogP contribution in [0.1, 0.15) is 12.5 Å². The van der Waals surface area contributed by atoms with Gasteiger partial charge in [0, 0.05) is 17.8 Å². The van der Waals surface area contributed by atoms with E-state index in [9.17, 15) is 0 Å². The van der Waals surface area contributed by atoms with Gasteiger partial charge in [0.15, 0.2) is 0 Å². The van der Waals surface area contributed by atoms with E-state index in [4.69, 9.17) is 5.73 Å². The van der Waals surface area contributed by atoms with Gasteiger partial charge in [0.1, 0.15) is 0 Å². The fraction of sp³-hybridized carbons (Fsp3) is 0.400. The molecular weight excluding hydrogens is 148 g/mol. The lowest BCUT2D eigenvalue weighted by Crippen LogP contribution is -2.36. The molecule has 2 rings (SSSR count). The van der Waals surface area contributed by atoms with Crippen LogP contribution < -0.4 is 11.1 Å². The van der Waals surface area contributed by atoms with Gasteiger partial charge in [0.2, 0.25) is 0 Å². The highest BCUT2D eigenvalue weighted by Gasteiger charge is 2.22. The predicted octanol–water partition coefficient (Wildman–Crippen LogP) is 1.37. The molecule has 0 spiro atoms. The second-order valence-electron chi connectivity index (χ2n) is 3.47. The molecule has 2 atom stereocenters. The molecule has 1 aliphatic heterocycles. The van der Waals surface area contributed by atoms with Crippen LogP contribution in [0.15, 0.2) is 24.3 Å². The first kappa shape index (κ1) is 7.62. The molecule has 0 saturated carbocycles. The monoisotopic (exact) mass is 162 g/mol. The van der Waals surface area contributed by atoms with Gasteiger partial charge in [0.05, 0.1) is 0 Å². The molecule has 64 valence electrons. The van der Waals surface area contributed by atoms with Gasteiger partial charge in [-0.15, -0.1) is 0 Å². The Bertz CT molecular complexity index is 256. The number of hydrogen-bond donors (Lipinski definition) is 2. The lowest BCUT2D eigenvalue weighted by atomic mass is 10.1. The molecule has 0 fully saturated rings. The Hall–Kier alpha value is -1.02. The molecule has 1 aliphatic rings. The Morgan fingerprint density at radius 2 is 2.25 bits per heavy atom. The van der Waals surface area contributed by atoms with Crippen molar-refractivity contribution in [2.24, 2.45) is 5.73 Å². The van der Waals surface area contributed by atoms with Crippen molar-refractivity contribution < 1.29 is 0 Å². The molecule has 0 aromatic heterocycles. The van der Waals surface area contributed by atoms with Crippen LogP contribution in [0, 0.1) is 0 Å². The van der Waals surface area contributed by atoms with Gasteiger partial charge < -0.3 is 11.1 Å². The molecule has 1 heterocycles. The quantitative estimate of drug-likeness (QED) is 0.654. The fourth-order valence-electron chi connectivity index (χ4n) is 1.64. The number of nitrogens with two attached hydrogens (primary N) is 1. The van der Waals surface area contributed by atoms with Gasteiger partial charge in [-0.1, -0.05) is 18.2 Å². The fourth-order valence-corrected chi connectivity index (χ4v) is 1.64. The number of benzene rings is 1. The zero-order chi connectivity index (χ0) is 8.55. The minimum Gasteiger partial charge on any atom is -0.380 e. The van der Waals surface area contributed by atoms with E-state index in [0.717, 1.165) is 6.42 Å². The normalized spacial score (nSPS) is 23.0. The highest BCUT2D eigenvalue weighted by atomic mass is 15.0. The van der Waals surface area contributed by atoms with E-state index in [0.29, 0.717) is 6.04 Å². The summed E-state index contributed by atoms with van der Waals surface area (Å²) in [5.41, 5.74) is 8.45. The molecule has 1 aromatic carbocycles. The summed E-state index contributed by atoms with van der Waals surface area (Å²) in [7, 11) is 0. The minimum absolute atomic E-state index is 0.220. The lowest BCUT2D eigenvalue weighted by Gasteiger charge is -2.14. The molecule has 0 saturated heterocycles. The smallest absolute Gasteiger partial charge is 0.0450 e. The second kappa shape index (κ2) is 2.79. The van der Waals surface area contributed by atoms with Crippen molar-refractivity contribution in [2.45, 2.75) is 25.4 Å². The number of para-hydroxylation sites is 1. The average molecular weight is 162 g/mol. The van der Waals surface area contributed by atoms with Gasteiger partial charge in [0.25, 0.3) is 0 Å². The van der Waals surface area contributed by atoms with Gasteiger partial charge in [-0.2, -0.15) is 0 Å². The van der Waals surface area contributed by atoms with Crippen molar-refractivity contribution >= 4 is 5.69 Å². The first-order valence-electron chi connectivity index (χ1n) is 4.37. The molecule has 0 bridgehead atoms. The molecule has 1 aromatic rings. The van der Waals surface area contributed by atoms with Crippen molar-refractivity contribution in [3.05, 3.63) is 29.8 Å². The van der Waals surface area contributed by atoms with Crippen LogP contribution in [0.25, 0.3) is 0 Å². The highest BCUT2D eigenvalue weighted by Crippen LogP contribution is 2.25. The molecule has 0 aliphatic carbocycles. The third-order valence-electron chi connectivity index (χ3n) is 2.43. The van der Waals surface area contributed by atoms with E-state index in [-0.39, 0.29) is 6.04 Å². The van der Waals surface area contributed by atoms with Crippen molar-refractivity contribution in [1.29, 1.82) is 0 Å². The Balaban J connectivity index is 2.22. The minimum atomic E-state index is 0.220. The number of rotatable bonds is 1. The molecule has 2 unspecified atom stereocenters. The zero-order valence-corrected chi connectivity index (χ0v) is 7.25. The first-order chi connectivity index (χ1) is 5.77. The first-order valence-corrected chi connectivity index (χ1v) is 4.37. The molecule has 2 heteroatoms. The van der Waals surface area contributed by atoms with Crippen LogP contribution >= 0.6 is 0 Å². The summed E-state index contributed by atoms with van der Waals surface area (Å²) in [6, 6.07) is 9.03. The van der Waals surface area contributed by atoms with E-state index in [1.165, 1.54) is 11.3 Å². The SMILES string of the molecule is CC(N)C1Cc2ccccc2N1. The van der Waals surface area contributed by atoms with Crippen LogP contribution in [0.3, 0.4) is 0 Å². The summed E-state index contributed by atoms with van der Waals surface area (Å²) in [6.07, 6.45) is 1.06. The standard InChI is InChI=1S/C10H14N2/c1-7(11)10-6-8-4-2-3-5-9(8)12-10/h2-5,7,10,12H,6,11H2,1H3. The lowest BCUT2D eigenvalue weighted by molar-refractivity contribution is 0.612. The zero-order valence-electron chi connectivity index (χ0n) is 7.25. The summed E-state index contributed by atoms with van der Waals surface area (Å²) in [5, 5.41) is 3.41. The predicted molar refractivity (Wildman–Crippen MR) is 51.2 cm³/mol. The van der Waals surface area contributed by atoms with E-state index < -0.39 is 0 Å². The van der Waals surface area contributed by atoms with Crippen molar-refractivity contribution in [1.82, 2.24) is 0 Å². The number of hydrogen-bond acceptors (Lipinski definition) is 2. The van der Waals surface area contributed by atoms with Crippen molar-refractivity contribution in [2.75, 3.05) is 5.32 Å². The maximum atomic E-state index is 5.81. The summed E-state index contributed by atoms with van der Waals surface area (Å²) in [4.78, 5) is 0. The van der Waals surface area contributed by atoms with E-state index in [1.54, 1.807) is 0 Å². The maximum Gasteiger partial charge on any atom is 0.0450 e. The second-order valence-corrected chi connectivity index (χ2v) is 3.47. The summed E-state index contributed by atoms with van der Waals surface area (Å²) < 4.78 is 0. The summed E-state index contributed by atoms with van der Waals surface area (Å²) >= 11 is 0. The summed E-state index contributed by atoms with van der Waals surface area (Å²) in [6.45, 7) is 2.05. The van der Waals surface area contributed by atoms with E-state index in [2.05, 4.69) is 29.6 Å². The molecule has 2 nitrogen and oxygen atoms in total. The summed E-state index contributed by atoms with van der Waals surface area (Å²) in [5.74, 6) is 0. The molecular formula is C10H14N2. The molecule has 0 radical (unpaired) electrons. The Morgan fingerprint density at radius 1 is 1.50 bits per heavy atom. The van der Waals surface area contributed by atoms with Crippen LogP contribution in [0.5, 0.6) is 0 Å². The Morgan fingerprint density at radius 3 is 2.92 bits per heavy atom. The van der Waals surface area contributed by atoms with Crippen LogP contribution in [0.4, 0.5) is 5.69 Å². The number of anilines is 1. The number of fused-ring (bicyclic) bond motifs is 1. The Kier molecular flexibility index (Phi) is 1.77. The number of nitrogens with one attached hydrogen (secondary N) is 1. The van der Waals surface area contributed by atoms with E-state index in [1.807, 2.05) is 6.92 Å². The highest BCUT2D eigenvalue weighted by molar-refractivity contribution is 5.56. The van der Waals surface area contributed by atoms with Gasteiger partial charge >= 0.3 is 0 Å². The largest absolute Gasteiger partial charge is 0.380 e. The van der Waals surface area contributed by atoms with Crippen molar-refractivity contribution in [3.8, 4) is 0 Å². The molecule has 3 N–H and O–H groups in total. The van der Waals surface area contributed by atoms with E-state index >= 15 is 0 Å². The molecule has 0 amide bonds.